The Labute approximate surface area is 128 Å². The molecule has 0 amide bonds. The van der Waals surface area contributed by atoms with Crippen molar-refractivity contribution in [2.75, 3.05) is 0 Å². The molecule has 0 spiro atoms. The van der Waals surface area contributed by atoms with Crippen LogP contribution in [0.25, 0.3) is 16.8 Å². The van der Waals surface area contributed by atoms with Crippen LogP contribution >= 0.6 is 0 Å². The lowest BCUT2D eigenvalue weighted by Gasteiger charge is -2.02. The van der Waals surface area contributed by atoms with Gasteiger partial charge in [-0.3, -0.25) is 4.79 Å². The standard InChI is InChI=1S/C20H13NO/c21-14-19(20(22)17-7-2-1-3-8-17)13-15-10-11-16-6-4-5-9-18(16)12-15/h1-13H/b19-13+. The minimum atomic E-state index is -0.253. The number of fused-ring (bicyclic) bond motifs is 1. The summed E-state index contributed by atoms with van der Waals surface area (Å²) >= 11 is 0. The van der Waals surface area contributed by atoms with Crippen molar-refractivity contribution in [1.82, 2.24) is 0 Å². The van der Waals surface area contributed by atoms with Gasteiger partial charge in [0.25, 0.3) is 0 Å². The summed E-state index contributed by atoms with van der Waals surface area (Å²) < 4.78 is 0. The van der Waals surface area contributed by atoms with Crippen molar-refractivity contribution in [2.45, 2.75) is 0 Å². The van der Waals surface area contributed by atoms with Gasteiger partial charge in [0.05, 0.1) is 0 Å². The van der Waals surface area contributed by atoms with Crippen LogP contribution in [0.15, 0.2) is 78.4 Å². The molecule has 3 aromatic rings. The summed E-state index contributed by atoms with van der Waals surface area (Å²) in [6.45, 7) is 0. The molecule has 0 fully saturated rings. The van der Waals surface area contributed by atoms with Gasteiger partial charge in [0, 0.05) is 5.56 Å². The third kappa shape index (κ3) is 2.79. The quantitative estimate of drug-likeness (QED) is 0.399. The van der Waals surface area contributed by atoms with Crippen LogP contribution in [-0.2, 0) is 0 Å². The first-order valence-corrected chi connectivity index (χ1v) is 6.98. The molecule has 0 aliphatic carbocycles. The van der Waals surface area contributed by atoms with Gasteiger partial charge in [-0.2, -0.15) is 5.26 Å². The minimum absolute atomic E-state index is 0.140. The number of rotatable bonds is 3. The Morgan fingerprint density at radius 3 is 2.27 bits per heavy atom. The fourth-order valence-corrected chi connectivity index (χ4v) is 2.36. The summed E-state index contributed by atoms with van der Waals surface area (Å²) in [4.78, 5) is 12.4. The van der Waals surface area contributed by atoms with E-state index in [0.29, 0.717) is 5.56 Å². The molecule has 0 aliphatic rings. The molecule has 104 valence electrons. The van der Waals surface area contributed by atoms with E-state index in [-0.39, 0.29) is 11.4 Å². The number of nitrogens with zero attached hydrogens (tertiary/aromatic N) is 1. The highest BCUT2D eigenvalue weighted by Crippen LogP contribution is 2.18. The number of ketones is 1. The number of Topliss-reactive ketones (excluding diaryl/α,β-unsaturated/α-hetero) is 1. The van der Waals surface area contributed by atoms with Crippen LogP contribution in [-0.4, -0.2) is 5.78 Å². The van der Waals surface area contributed by atoms with Crippen molar-refractivity contribution >= 4 is 22.6 Å². The molecular weight excluding hydrogens is 270 g/mol. The normalized spacial score (nSPS) is 11.1. The van der Waals surface area contributed by atoms with E-state index in [9.17, 15) is 10.1 Å². The van der Waals surface area contributed by atoms with Gasteiger partial charge in [-0.05, 0) is 28.5 Å². The van der Waals surface area contributed by atoms with Crippen molar-refractivity contribution in [2.24, 2.45) is 0 Å². The van der Waals surface area contributed by atoms with Crippen molar-refractivity contribution in [3.05, 3.63) is 89.5 Å². The van der Waals surface area contributed by atoms with E-state index < -0.39 is 0 Å². The van der Waals surface area contributed by atoms with Crippen molar-refractivity contribution in [1.29, 1.82) is 5.26 Å². The van der Waals surface area contributed by atoms with Crippen LogP contribution in [0.4, 0.5) is 0 Å². The van der Waals surface area contributed by atoms with E-state index in [1.54, 1.807) is 30.3 Å². The number of allylic oxidation sites excluding steroid dienone is 1. The Hall–Kier alpha value is -3.18. The summed E-state index contributed by atoms with van der Waals surface area (Å²) in [6.07, 6.45) is 1.64. The number of carbonyl (C=O) groups excluding carboxylic acids is 1. The first kappa shape index (κ1) is 13.8. The Bertz CT molecular complexity index is 902. The van der Waals surface area contributed by atoms with Gasteiger partial charge in [-0.25, -0.2) is 0 Å². The second kappa shape index (κ2) is 6.07. The molecule has 0 radical (unpaired) electrons. The van der Waals surface area contributed by atoms with E-state index in [1.807, 2.05) is 54.6 Å². The molecule has 0 bridgehead atoms. The summed E-state index contributed by atoms with van der Waals surface area (Å²) in [7, 11) is 0. The highest BCUT2D eigenvalue weighted by atomic mass is 16.1. The maximum Gasteiger partial charge on any atom is 0.203 e. The molecule has 3 aromatic carbocycles. The van der Waals surface area contributed by atoms with Crippen LogP contribution in [0.3, 0.4) is 0 Å². The lowest BCUT2D eigenvalue weighted by Crippen LogP contribution is -2.01. The highest BCUT2D eigenvalue weighted by molar-refractivity contribution is 6.14. The summed E-state index contributed by atoms with van der Waals surface area (Å²) in [5.74, 6) is -0.253. The first-order valence-electron chi connectivity index (χ1n) is 6.98. The molecule has 0 aromatic heterocycles. The number of benzene rings is 3. The molecule has 0 saturated carbocycles. The second-order valence-corrected chi connectivity index (χ2v) is 4.97. The molecule has 22 heavy (non-hydrogen) atoms. The van der Waals surface area contributed by atoms with Gasteiger partial charge in [-0.1, -0.05) is 66.7 Å². The van der Waals surface area contributed by atoms with E-state index in [2.05, 4.69) is 0 Å². The fraction of sp³-hybridized carbons (Fsp3) is 0. The molecule has 0 N–H and O–H groups in total. The van der Waals surface area contributed by atoms with Gasteiger partial charge in [0.1, 0.15) is 11.6 Å². The van der Waals surface area contributed by atoms with Gasteiger partial charge < -0.3 is 0 Å². The fourth-order valence-electron chi connectivity index (χ4n) is 2.36. The van der Waals surface area contributed by atoms with Crippen LogP contribution in [0.1, 0.15) is 15.9 Å². The van der Waals surface area contributed by atoms with Crippen molar-refractivity contribution < 1.29 is 4.79 Å². The third-order valence-electron chi connectivity index (χ3n) is 3.49. The zero-order valence-corrected chi connectivity index (χ0v) is 11.9. The first-order chi connectivity index (χ1) is 10.8. The van der Waals surface area contributed by atoms with Crippen LogP contribution in [0.2, 0.25) is 0 Å². The second-order valence-electron chi connectivity index (χ2n) is 4.97. The van der Waals surface area contributed by atoms with Crippen molar-refractivity contribution in [3.8, 4) is 6.07 Å². The van der Waals surface area contributed by atoms with E-state index in [4.69, 9.17) is 0 Å². The monoisotopic (exact) mass is 283 g/mol. The molecule has 0 heterocycles. The molecular formula is C20H13NO. The van der Waals surface area contributed by atoms with Crippen LogP contribution < -0.4 is 0 Å². The SMILES string of the molecule is N#C/C(=C\c1ccc2ccccc2c1)C(=O)c1ccccc1. The van der Waals surface area contributed by atoms with Crippen LogP contribution in [0, 0.1) is 11.3 Å². The van der Waals surface area contributed by atoms with E-state index in [0.717, 1.165) is 16.3 Å². The molecule has 0 atom stereocenters. The van der Waals surface area contributed by atoms with Gasteiger partial charge in [0.15, 0.2) is 0 Å². The van der Waals surface area contributed by atoms with Gasteiger partial charge in [0.2, 0.25) is 5.78 Å². The highest BCUT2D eigenvalue weighted by Gasteiger charge is 2.11. The van der Waals surface area contributed by atoms with Gasteiger partial charge >= 0.3 is 0 Å². The average Bonchev–Trinajstić information content (AvgIpc) is 2.59. The smallest absolute Gasteiger partial charge is 0.203 e. The predicted octanol–water partition coefficient (Wildman–Crippen LogP) is 4.63. The maximum atomic E-state index is 12.4. The molecule has 0 saturated heterocycles. The molecule has 0 aliphatic heterocycles. The topological polar surface area (TPSA) is 40.9 Å². The Morgan fingerprint density at radius 1 is 0.864 bits per heavy atom. The molecule has 2 nitrogen and oxygen atoms in total. The molecule has 3 rings (SSSR count). The largest absolute Gasteiger partial charge is 0.288 e. The number of hydrogen-bond acceptors (Lipinski definition) is 2. The van der Waals surface area contributed by atoms with Gasteiger partial charge in [-0.15, -0.1) is 0 Å². The molecule has 2 heteroatoms. The minimum Gasteiger partial charge on any atom is -0.288 e. The number of hydrogen-bond donors (Lipinski definition) is 0. The number of carbonyl (C=O) groups is 1. The summed E-state index contributed by atoms with van der Waals surface area (Å²) in [6, 6.07) is 24.7. The summed E-state index contributed by atoms with van der Waals surface area (Å²) in [5.41, 5.74) is 1.51. The average molecular weight is 283 g/mol. The Morgan fingerprint density at radius 2 is 1.55 bits per heavy atom. The summed E-state index contributed by atoms with van der Waals surface area (Å²) in [5, 5.41) is 11.5. The zero-order chi connectivity index (χ0) is 15.4. The zero-order valence-electron chi connectivity index (χ0n) is 11.9. The lowest BCUT2D eigenvalue weighted by atomic mass is 10.0. The predicted molar refractivity (Wildman–Crippen MR) is 88.3 cm³/mol. The third-order valence-corrected chi connectivity index (χ3v) is 3.49. The Kier molecular flexibility index (Phi) is 3.80. The lowest BCUT2D eigenvalue weighted by molar-refractivity contribution is 0.104. The number of nitriles is 1. The maximum absolute atomic E-state index is 12.4. The van der Waals surface area contributed by atoms with Crippen molar-refractivity contribution in [3.63, 3.8) is 0 Å². The van der Waals surface area contributed by atoms with E-state index >= 15 is 0 Å². The molecule has 0 unspecified atom stereocenters. The van der Waals surface area contributed by atoms with E-state index in [1.165, 1.54) is 0 Å². The Balaban J connectivity index is 2.00. The van der Waals surface area contributed by atoms with Crippen LogP contribution in [0.5, 0.6) is 0 Å².